The second-order valence-corrected chi connectivity index (χ2v) is 4.90. The van der Waals surface area contributed by atoms with Crippen molar-refractivity contribution in [3.63, 3.8) is 0 Å². The number of aryl methyl sites for hydroxylation is 2. The largest absolute Gasteiger partial charge is 0.323 e. The van der Waals surface area contributed by atoms with Crippen molar-refractivity contribution in [2.24, 2.45) is 5.84 Å². The molecular formula is C16H19N3O. The van der Waals surface area contributed by atoms with E-state index in [4.69, 9.17) is 5.84 Å². The lowest BCUT2D eigenvalue weighted by Crippen LogP contribution is -2.27. The molecule has 20 heavy (non-hydrogen) atoms. The third-order valence-electron chi connectivity index (χ3n) is 3.21. The Bertz CT molecular complexity index is 617. The zero-order valence-corrected chi connectivity index (χ0v) is 12.0. The molecule has 4 nitrogen and oxygen atoms in total. The van der Waals surface area contributed by atoms with Gasteiger partial charge in [-0.3, -0.25) is 10.6 Å². The van der Waals surface area contributed by atoms with E-state index < -0.39 is 0 Å². The molecule has 0 atom stereocenters. The van der Waals surface area contributed by atoms with E-state index >= 15 is 0 Å². The fraction of sp³-hybridized carbons (Fsp3) is 0.188. The molecular weight excluding hydrogens is 250 g/mol. The second-order valence-electron chi connectivity index (χ2n) is 4.90. The van der Waals surface area contributed by atoms with Crippen LogP contribution in [0.3, 0.4) is 0 Å². The first-order valence-electron chi connectivity index (χ1n) is 6.45. The zero-order valence-electron chi connectivity index (χ0n) is 12.0. The number of nitrogens with zero attached hydrogens (tertiary/aromatic N) is 1. The molecule has 0 aliphatic heterocycles. The van der Waals surface area contributed by atoms with Crippen LogP contribution in [0.15, 0.2) is 42.5 Å². The van der Waals surface area contributed by atoms with Crippen LogP contribution in [0.5, 0.6) is 0 Å². The highest BCUT2D eigenvalue weighted by Crippen LogP contribution is 2.22. The van der Waals surface area contributed by atoms with Gasteiger partial charge in [-0.05, 0) is 49.2 Å². The normalized spacial score (nSPS) is 10.2. The van der Waals surface area contributed by atoms with E-state index in [2.05, 4.69) is 11.5 Å². The van der Waals surface area contributed by atoms with E-state index in [1.807, 2.05) is 38.1 Å². The summed E-state index contributed by atoms with van der Waals surface area (Å²) in [6.45, 7) is 4.04. The fourth-order valence-corrected chi connectivity index (χ4v) is 2.24. The minimum Gasteiger partial charge on any atom is -0.323 e. The van der Waals surface area contributed by atoms with E-state index in [-0.39, 0.29) is 5.91 Å². The van der Waals surface area contributed by atoms with Gasteiger partial charge in [0.2, 0.25) is 0 Å². The number of rotatable bonds is 3. The number of carbonyl (C=O) groups excluding carboxylic acids is 1. The predicted molar refractivity (Wildman–Crippen MR) is 82.9 cm³/mol. The molecule has 104 valence electrons. The Labute approximate surface area is 119 Å². The summed E-state index contributed by atoms with van der Waals surface area (Å²) in [7, 11) is 1.77. The van der Waals surface area contributed by atoms with Crippen LogP contribution < -0.4 is 16.2 Å². The molecule has 0 aliphatic rings. The first-order valence-corrected chi connectivity index (χ1v) is 6.45. The second kappa shape index (κ2) is 5.75. The molecule has 0 radical (unpaired) electrons. The van der Waals surface area contributed by atoms with Gasteiger partial charge in [0.05, 0.1) is 11.3 Å². The lowest BCUT2D eigenvalue weighted by atomic mass is 10.1. The molecule has 0 bridgehead atoms. The minimum atomic E-state index is -0.0939. The molecule has 3 N–H and O–H groups in total. The quantitative estimate of drug-likeness (QED) is 0.665. The highest BCUT2D eigenvalue weighted by atomic mass is 16.2. The molecule has 0 heterocycles. The van der Waals surface area contributed by atoms with Crippen LogP contribution in [-0.2, 0) is 0 Å². The van der Waals surface area contributed by atoms with E-state index in [9.17, 15) is 4.79 Å². The summed E-state index contributed by atoms with van der Waals surface area (Å²) in [5.41, 5.74) is 6.86. The molecule has 2 rings (SSSR count). The highest BCUT2D eigenvalue weighted by Gasteiger charge is 2.16. The molecule has 0 aliphatic carbocycles. The number of nitrogens with two attached hydrogens (primary N) is 1. The maximum Gasteiger partial charge on any atom is 0.260 e. The van der Waals surface area contributed by atoms with Crippen molar-refractivity contribution < 1.29 is 4.79 Å². The van der Waals surface area contributed by atoms with Crippen LogP contribution in [0.25, 0.3) is 0 Å². The van der Waals surface area contributed by atoms with Gasteiger partial charge in [0, 0.05) is 12.7 Å². The van der Waals surface area contributed by atoms with E-state index in [1.54, 1.807) is 24.1 Å². The van der Waals surface area contributed by atoms with Crippen LogP contribution >= 0.6 is 0 Å². The van der Waals surface area contributed by atoms with Gasteiger partial charge in [-0.25, -0.2) is 0 Å². The Morgan fingerprint density at radius 2 is 1.70 bits per heavy atom. The summed E-state index contributed by atoms with van der Waals surface area (Å²) >= 11 is 0. The van der Waals surface area contributed by atoms with Gasteiger partial charge in [-0.1, -0.05) is 18.2 Å². The van der Waals surface area contributed by atoms with Crippen molar-refractivity contribution in [2.45, 2.75) is 13.8 Å². The maximum atomic E-state index is 12.6. The van der Waals surface area contributed by atoms with Gasteiger partial charge in [-0.2, -0.15) is 0 Å². The number of para-hydroxylation sites is 1. The van der Waals surface area contributed by atoms with E-state index in [0.717, 1.165) is 16.8 Å². The highest BCUT2D eigenvalue weighted by molar-refractivity contribution is 6.09. The smallest absolute Gasteiger partial charge is 0.260 e. The summed E-state index contributed by atoms with van der Waals surface area (Å²) in [6.07, 6.45) is 0. The summed E-state index contributed by atoms with van der Waals surface area (Å²) in [4.78, 5) is 14.2. The maximum absolute atomic E-state index is 12.6. The number of hydrazine groups is 1. The van der Waals surface area contributed by atoms with Gasteiger partial charge in [0.25, 0.3) is 5.91 Å². The van der Waals surface area contributed by atoms with Crippen LogP contribution in [0.2, 0.25) is 0 Å². The van der Waals surface area contributed by atoms with E-state index in [0.29, 0.717) is 11.3 Å². The van der Waals surface area contributed by atoms with Crippen LogP contribution in [0.4, 0.5) is 11.4 Å². The Kier molecular flexibility index (Phi) is 4.05. The molecule has 0 fully saturated rings. The van der Waals surface area contributed by atoms with Crippen molar-refractivity contribution in [1.29, 1.82) is 0 Å². The number of nitrogen functional groups attached to an aromatic ring is 1. The Morgan fingerprint density at radius 3 is 2.30 bits per heavy atom. The number of nitrogens with one attached hydrogen (secondary N) is 1. The van der Waals surface area contributed by atoms with Crippen LogP contribution in [-0.4, -0.2) is 13.0 Å². The third-order valence-corrected chi connectivity index (χ3v) is 3.21. The summed E-state index contributed by atoms with van der Waals surface area (Å²) in [5, 5.41) is 0. The standard InChI is InChI=1S/C16H19N3O/c1-11-8-12(2)10-13(9-11)19(3)16(20)14-6-4-5-7-15(14)18-17/h4-10,18H,17H2,1-3H3. The van der Waals surface area contributed by atoms with Gasteiger partial charge in [0.15, 0.2) is 0 Å². The zero-order chi connectivity index (χ0) is 14.7. The fourth-order valence-electron chi connectivity index (χ4n) is 2.24. The minimum absolute atomic E-state index is 0.0939. The summed E-state index contributed by atoms with van der Waals surface area (Å²) in [5.74, 6) is 5.36. The van der Waals surface area contributed by atoms with Crippen LogP contribution in [0, 0.1) is 13.8 Å². The monoisotopic (exact) mass is 269 g/mol. The van der Waals surface area contributed by atoms with Crippen molar-refractivity contribution in [1.82, 2.24) is 0 Å². The number of amides is 1. The molecule has 0 saturated heterocycles. The first kappa shape index (κ1) is 14.1. The van der Waals surface area contributed by atoms with Crippen molar-refractivity contribution in [2.75, 3.05) is 17.4 Å². The third kappa shape index (κ3) is 2.81. The van der Waals surface area contributed by atoms with Gasteiger partial charge < -0.3 is 10.3 Å². The Balaban J connectivity index is 2.37. The summed E-state index contributed by atoms with van der Waals surface area (Å²) in [6, 6.07) is 13.3. The molecule has 2 aromatic carbocycles. The topological polar surface area (TPSA) is 58.4 Å². The molecule has 2 aromatic rings. The average Bonchev–Trinajstić information content (AvgIpc) is 2.44. The predicted octanol–water partition coefficient (Wildman–Crippen LogP) is 2.87. The van der Waals surface area contributed by atoms with Gasteiger partial charge in [0.1, 0.15) is 0 Å². The Morgan fingerprint density at radius 1 is 1.10 bits per heavy atom. The number of carbonyl (C=O) groups is 1. The SMILES string of the molecule is Cc1cc(C)cc(N(C)C(=O)c2ccccc2NN)c1. The molecule has 0 spiro atoms. The van der Waals surface area contributed by atoms with Crippen molar-refractivity contribution in [3.8, 4) is 0 Å². The first-order chi connectivity index (χ1) is 9.52. The lowest BCUT2D eigenvalue weighted by Gasteiger charge is -2.20. The molecule has 4 heteroatoms. The number of benzene rings is 2. The number of hydrogen-bond acceptors (Lipinski definition) is 3. The van der Waals surface area contributed by atoms with Crippen molar-refractivity contribution >= 4 is 17.3 Å². The number of anilines is 2. The van der Waals surface area contributed by atoms with Crippen molar-refractivity contribution in [3.05, 3.63) is 59.2 Å². The average molecular weight is 269 g/mol. The van der Waals surface area contributed by atoms with Gasteiger partial charge in [-0.15, -0.1) is 0 Å². The lowest BCUT2D eigenvalue weighted by molar-refractivity contribution is 0.0994. The molecule has 0 aromatic heterocycles. The van der Waals surface area contributed by atoms with Crippen LogP contribution in [0.1, 0.15) is 21.5 Å². The van der Waals surface area contributed by atoms with E-state index in [1.165, 1.54) is 0 Å². The molecule has 0 saturated carbocycles. The molecule has 1 amide bonds. The Hall–Kier alpha value is -2.33. The number of hydrogen-bond donors (Lipinski definition) is 2. The molecule has 0 unspecified atom stereocenters. The van der Waals surface area contributed by atoms with Gasteiger partial charge >= 0.3 is 0 Å². The summed E-state index contributed by atoms with van der Waals surface area (Å²) < 4.78 is 0.